The lowest BCUT2D eigenvalue weighted by Crippen LogP contribution is -2.14. The molecule has 23 heavy (non-hydrogen) atoms. The molecule has 0 aromatic carbocycles. The van der Waals surface area contributed by atoms with Gasteiger partial charge in [-0.2, -0.15) is 0 Å². The number of carbonyl (C=O) groups excluding carboxylic acids is 1. The summed E-state index contributed by atoms with van der Waals surface area (Å²) in [6.45, 7) is 6.09. The van der Waals surface area contributed by atoms with Gasteiger partial charge in [0.25, 0.3) is 0 Å². The third kappa shape index (κ3) is 3.53. The smallest absolute Gasteiger partial charge is 0.237 e. The van der Waals surface area contributed by atoms with Crippen LogP contribution in [0.1, 0.15) is 26.5 Å². The molecule has 3 heterocycles. The number of nitrogens with one attached hydrogen (secondary N) is 1. The molecule has 0 aliphatic heterocycles. The number of rotatable bonds is 4. The van der Waals surface area contributed by atoms with Crippen LogP contribution in [0.15, 0.2) is 40.1 Å². The van der Waals surface area contributed by atoms with E-state index in [1.807, 2.05) is 49.6 Å². The number of hydrogen-bond donors (Lipinski definition) is 1. The summed E-state index contributed by atoms with van der Waals surface area (Å²) in [7, 11) is 0. The van der Waals surface area contributed by atoms with Crippen LogP contribution in [-0.4, -0.2) is 31.4 Å². The largest absolute Gasteiger partial charge is 0.338 e. The van der Waals surface area contributed by atoms with Crippen molar-refractivity contribution in [3.63, 3.8) is 0 Å². The molecule has 3 rings (SSSR count). The molecule has 0 aliphatic carbocycles. The standard InChI is InChI=1S/C15H17N5O2S/c1-15(2,3)10-8-13(22-19-10)16-12(21)9-23-14-18-17-11-6-4-5-7-20(11)14/h4-8H,9H2,1-3H3,(H,16,21). The molecule has 0 saturated heterocycles. The second kappa shape index (κ2) is 6.04. The molecule has 8 heteroatoms. The van der Waals surface area contributed by atoms with Crippen LogP contribution in [0.5, 0.6) is 0 Å². The lowest BCUT2D eigenvalue weighted by molar-refractivity contribution is -0.113. The predicted octanol–water partition coefficient (Wildman–Crippen LogP) is 2.75. The van der Waals surface area contributed by atoms with Gasteiger partial charge in [0.15, 0.2) is 10.8 Å². The van der Waals surface area contributed by atoms with Crippen LogP contribution >= 0.6 is 11.8 Å². The van der Waals surface area contributed by atoms with Gasteiger partial charge in [-0.15, -0.1) is 10.2 Å². The molecule has 0 unspecified atom stereocenters. The highest BCUT2D eigenvalue weighted by Crippen LogP contribution is 2.24. The summed E-state index contributed by atoms with van der Waals surface area (Å²) in [4.78, 5) is 12.0. The van der Waals surface area contributed by atoms with Crippen LogP contribution in [0.4, 0.5) is 5.88 Å². The van der Waals surface area contributed by atoms with Crippen molar-refractivity contribution in [3.05, 3.63) is 36.2 Å². The molecule has 0 fully saturated rings. The number of thioether (sulfide) groups is 1. The predicted molar refractivity (Wildman–Crippen MR) is 87.5 cm³/mol. The Hall–Kier alpha value is -2.35. The molecular weight excluding hydrogens is 314 g/mol. The number of nitrogens with zero attached hydrogens (tertiary/aromatic N) is 4. The van der Waals surface area contributed by atoms with Crippen molar-refractivity contribution in [2.75, 3.05) is 11.1 Å². The Morgan fingerprint density at radius 1 is 1.35 bits per heavy atom. The Balaban J connectivity index is 1.60. The van der Waals surface area contributed by atoms with E-state index in [4.69, 9.17) is 4.52 Å². The van der Waals surface area contributed by atoms with Gasteiger partial charge in [-0.05, 0) is 12.1 Å². The van der Waals surface area contributed by atoms with Gasteiger partial charge in [0.1, 0.15) is 0 Å². The maximum atomic E-state index is 12.0. The highest BCUT2D eigenvalue weighted by Gasteiger charge is 2.19. The zero-order valence-corrected chi connectivity index (χ0v) is 13.9. The summed E-state index contributed by atoms with van der Waals surface area (Å²) in [5.74, 6) is 0.382. The minimum absolute atomic E-state index is 0.123. The van der Waals surface area contributed by atoms with Gasteiger partial charge in [-0.25, -0.2) is 0 Å². The van der Waals surface area contributed by atoms with Gasteiger partial charge in [0, 0.05) is 17.7 Å². The molecular formula is C15H17N5O2S. The summed E-state index contributed by atoms with van der Waals surface area (Å²) >= 11 is 1.31. The number of hydrogen-bond acceptors (Lipinski definition) is 6. The van der Waals surface area contributed by atoms with Crippen molar-refractivity contribution < 1.29 is 9.32 Å². The third-order valence-corrected chi connectivity index (χ3v) is 4.10. The van der Waals surface area contributed by atoms with Crippen molar-refractivity contribution in [3.8, 4) is 0 Å². The van der Waals surface area contributed by atoms with Gasteiger partial charge in [0.05, 0.1) is 11.4 Å². The van der Waals surface area contributed by atoms with Crippen LogP contribution in [-0.2, 0) is 10.2 Å². The molecule has 0 spiro atoms. The minimum atomic E-state index is -0.181. The minimum Gasteiger partial charge on any atom is -0.338 e. The van der Waals surface area contributed by atoms with Gasteiger partial charge in [0.2, 0.25) is 11.8 Å². The number of fused-ring (bicyclic) bond motifs is 1. The first-order valence-electron chi connectivity index (χ1n) is 7.13. The normalized spacial score (nSPS) is 11.8. The number of aromatic nitrogens is 4. The summed E-state index contributed by atoms with van der Waals surface area (Å²) in [5.41, 5.74) is 1.42. The highest BCUT2D eigenvalue weighted by molar-refractivity contribution is 7.99. The van der Waals surface area contributed by atoms with E-state index in [0.717, 1.165) is 11.3 Å². The van der Waals surface area contributed by atoms with Crippen molar-refractivity contribution in [1.29, 1.82) is 0 Å². The second-order valence-corrected chi connectivity index (χ2v) is 7.02. The molecule has 1 N–H and O–H groups in total. The monoisotopic (exact) mass is 331 g/mol. The molecule has 3 aromatic rings. The lowest BCUT2D eigenvalue weighted by atomic mass is 9.92. The Morgan fingerprint density at radius 3 is 2.91 bits per heavy atom. The topological polar surface area (TPSA) is 85.3 Å². The fourth-order valence-electron chi connectivity index (χ4n) is 1.91. The zero-order valence-electron chi connectivity index (χ0n) is 13.1. The van der Waals surface area contributed by atoms with E-state index in [1.54, 1.807) is 6.07 Å². The third-order valence-electron chi connectivity index (χ3n) is 3.16. The van der Waals surface area contributed by atoms with Crippen LogP contribution in [0.2, 0.25) is 0 Å². The number of pyridine rings is 1. The summed E-state index contributed by atoms with van der Waals surface area (Å²) in [6.07, 6.45) is 1.86. The molecule has 0 bridgehead atoms. The first-order valence-corrected chi connectivity index (χ1v) is 8.12. The van der Waals surface area contributed by atoms with Gasteiger partial charge >= 0.3 is 0 Å². The summed E-state index contributed by atoms with van der Waals surface area (Å²) < 4.78 is 6.98. The van der Waals surface area contributed by atoms with E-state index in [-0.39, 0.29) is 17.1 Å². The van der Waals surface area contributed by atoms with E-state index >= 15 is 0 Å². The highest BCUT2D eigenvalue weighted by atomic mass is 32.2. The summed E-state index contributed by atoms with van der Waals surface area (Å²) in [5, 5.41) is 15.5. The van der Waals surface area contributed by atoms with Crippen LogP contribution in [0, 0.1) is 0 Å². The van der Waals surface area contributed by atoms with Gasteiger partial charge in [-0.1, -0.05) is 43.8 Å². The van der Waals surface area contributed by atoms with Crippen molar-refractivity contribution in [2.24, 2.45) is 0 Å². The van der Waals surface area contributed by atoms with Crippen molar-refractivity contribution in [2.45, 2.75) is 31.3 Å². The molecule has 3 aromatic heterocycles. The van der Waals surface area contributed by atoms with Gasteiger partial charge in [-0.3, -0.25) is 14.5 Å². The average Bonchev–Trinajstić information content (AvgIpc) is 3.11. The Kier molecular flexibility index (Phi) is 4.08. The summed E-state index contributed by atoms with van der Waals surface area (Å²) in [6, 6.07) is 7.39. The Bertz CT molecular complexity index is 834. The quantitative estimate of drug-likeness (QED) is 0.740. The van der Waals surface area contributed by atoms with Crippen molar-refractivity contribution >= 4 is 29.2 Å². The molecule has 0 aliphatic rings. The van der Waals surface area contributed by atoms with E-state index in [2.05, 4.69) is 20.7 Å². The van der Waals surface area contributed by atoms with Crippen LogP contribution < -0.4 is 5.32 Å². The number of amides is 1. The molecule has 0 atom stereocenters. The first kappa shape index (κ1) is 15.5. The second-order valence-electron chi connectivity index (χ2n) is 6.07. The van der Waals surface area contributed by atoms with Crippen LogP contribution in [0.3, 0.4) is 0 Å². The fraction of sp³-hybridized carbons (Fsp3) is 0.333. The van der Waals surface area contributed by atoms with Gasteiger partial charge < -0.3 is 4.52 Å². The van der Waals surface area contributed by atoms with Crippen molar-refractivity contribution in [1.82, 2.24) is 19.8 Å². The van der Waals surface area contributed by atoms with E-state index in [1.165, 1.54) is 11.8 Å². The number of anilines is 1. The zero-order chi connectivity index (χ0) is 16.4. The Labute approximate surface area is 137 Å². The van der Waals surface area contributed by atoms with E-state index < -0.39 is 0 Å². The van der Waals surface area contributed by atoms with Crippen LogP contribution in [0.25, 0.3) is 5.65 Å². The first-order chi connectivity index (χ1) is 10.9. The average molecular weight is 331 g/mol. The van der Waals surface area contributed by atoms with E-state index in [0.29, 0.717) is 11.0 Å². The molecule has 0 saturated carbocycles. The maximum absolute atomic E-state index is 12.0. The fourth-order valence-corrected chi connectivity index (χ4v) is 2.63. The number of carbonyl (C=O) groups is 1. The lowest BCUT2D eigenvalue weighted by Gasteiger charge is -2.12. The molecule has 0 radical (unpaired) electrons. The van der Waals surface area contributed by atoms with E-state index in [9.17, 15) is 4.79 Å². The molecule has 120 valence electrons. The molecule has 7 nitrogen and oxygen atoms in total. The SMILES string of the molecule is CC(C)(C)c1cc(NC(=O)CSc2nnc3ccccn23)on1. The Morgan fingerprint density at radius 2 is 2.17 bits per heavy atom. The molecule has 1 amide bonds. The maximum Gasteiger partial charge on any atom is 0.237 e.